The number of phosphoric ester groups is 1. The van der Waals surface area contributed by atoms with Gasteiger partial charge in [-0.3, -0.25) is 23.7 Å². The molecule has 0 aromatic carbocycles. The van der Waals surface area contributed by atoms with Crippen molar-refractivity contribution in [2.24, 2.45) is 0 Å². The van der Waals surface area contributed by atoms with Crippen LogP contribution in [-0.4, -0.2) is 76.5 Å². The van der Waals surface area contributed by atoms with Gasteiger partial charge in [-0.05, 0) is 0 Å². The second kappa shape index (κ2) is 7.66. The molecule has 30 heavy (non-hydrogen) atoms. The van der Waals surface area contributed by atoms with Gasteiger partial charge in [0, 0.05) is 12.6 Å². The van der Waals surface area contributed by atoms with E-state index in [1.807, 2.05) is 0 Å². The number of rotatable bonds is 7. The van der Waals surface area contributed by atoms with Gasteiger partial charge in [-0.1, -0.05) is 0 Å². The second-order valence-electron chi connectivity index (χ2n) is 6.06. The van der Waals surface area contributed by atoms with E-state index in [1.165, 1.54) is 0 Å². The average molecular weight is 464 g/mol. The van der Waals surface area contributed by atoms with Crippen LogP contribution >= 0.6 is 15.6 Å². The molecule has 2 heterocycles. The van der Waals surface area contributed by atoms with Crippen LogP contribution in [0.25, 0.3) is 0 Å². The van der Waals surface area contributed by atoms with Gasteiger partial charge >= 0.3 is 21.3 Å². The topological polar surface area (TPSA) is 215 Å². The van der Waals surface area contributed by atoms with E-state index in [1.54, 1.807) is 4.98 Å². The van der Waals surface area contributed by atoms with Gasteiger partial charge in [-0.25, -0.2) is 18.3 Å². The number of alkyl halides is 1. The highest BCUT2D eigenvalue weighted by molar-refractivity contribution is 7.60. The summed E-state index contributed by atoms with van der Waals surface area (Å²) in [5, 5.41) is 6.61. The Morgan fingerprint density at radius 1 is 1.37 bits per heavy atom. The molecule has 2 rings (SSSR count). The molecule has 1 fully saturated rings. The number of hydrogen-bond acceptors (Lipinski definition) is 9. The number of ether oxygens (including phenoxy) is 1. The molecular formula is C10H10B3FN2O12P2. The molecule has 0 bridgehead atoms. The third-order valence-corrected chi connectivity index (χ3v) is 6.00. The fourth-order valence-electron chi connectivity index (χ4n) is 2.45. The number of aromatic nitrogens is 2. The van der Waals surface area contributed by atoms with E-state index >= 15 is 4.39 Å². The van der Waals surface area contributed by atoms with E-state index in [0.29, 0.717) is 6.20 Å². The molecule has 1 aromatic rings. The zero-order chi connectivity index (χ0) is 23.3. The minimum Gasteiger partial charge on any atom is -0.389 e. The van der Waals surface area contributed by atoms with Crippen molar-refractivity contribution in [2.45, 2.75) is 29.4 Å². The van der Waals surface area contributed by atoms with E-state index in [0.717, 1.165) is 0 Å². The predicted molar refractivity (Wildman–Crippen MR) is 94.3 cm³/mol. The van der Waals surface area contributed by atoms with Crippen molar-refractivity contribution in [3.05, 3.63) is 32.6 Å². The van der Waals surface area contributed by atoms with Crippen molar-refractivity contribution in [2.75, 3.05) is 0 Å². The summed E-state index contributed by atoms with van der Waals surface area (Å²) in [6.45, 7) is 0. The van der Waals surface area contributed by atoms with Gasteiger partial charge in [-0.15, -0.1) is 0 Å². The zero-order valence-corrected chi connectivity index (χ0v) is 16.2. The molecule has 4 atom stereocenters. The first-order valence-electron chi connectivity index (χ1n) is 7.42. The van der Waals surface area contributed by atoms with Crippen LogP contribution in [0.3, 0.4) is 0 Å². The lowest BCUT2D eigenvalue weighted by molar-refractivity contribution is -0.219. The van der Waals surface area contributed by atoms with Crippen LogP contribution in [0.4, 0.5) is 4.39 Å². The Morgan fingerprint density at radius 2 is 1.93 bits per heavy atom. The standard InChI is InChI=1S/C10H10B3FN2O12P2/c11-9(16-2-4(3-17)6(19)15-7(16)20)5(18)1-8(14,26-9)10(12,13)27-30(24,25)28-29(21,22)23/h2-3,5,18H,1H2,(H,24,25)(H,15,19,20)(H2,21,22,23)/t5-,8+,9+/m1/s1. The Bertz CT molecular complexity index is 1070. The van der Waals surface area contributed by atoms with Crippen molar-refractivity contribution in [1.29, 1.82) is 0 Å². The molecule has 1 aliphatic rings. The molecule has 5 N–H and O–H groups in total. The van der Waals surface area contributed by atoms with E-state index in [-0.39, 0.29) is 10.9 Å². The molecule has 0 aliphatic carbocycles. The molecule has 14 nitrogen and oxygen atoms in total. The van der Waals surface area contributed by atoms with Crippen molar-refractivity contribution >= 4 is 45.5 Å². The van der Waals surface area contributed by atoms with Crippen LogP contribution < -0.4 is 11.2 Å². The minimum absolute atomic E-state index is 0.00285. The van der Waals surface area contributed by atoms with Crippen LogP contribution in [0, 0.1) is 0 Å². The van der Waals surface area contributed by atoms with Crippen LogP contribution in [-0.2, 0) is 28.3 Å². The number of aliphatic hydroxyl groups excluding tert-OH is 1. The molecule has 0 spiro atoms. The summed E-state index contributed by atoms with van der Waals surface area (Å²) >= 11 is 0. The first-order chi connectivity index (χ1) is 13.4. The first-order valence-corrected chi connectivity index (χ1v) is 10.4. The van der Waals surface area contributed by atoms with Gasteiger partial charge < -0.3 is 24.5 Å². The lowest BCUT2D eigenvalue weighted by atomic mass is 9.60. The van der Waals surface area contributed by atoms with Gasteiger partial charge in [0.05, 0.1) is 17.1 Å². The van der Waals surface area contributed by atoms with E-state index < -0.39 is 61.9 Å². The SMILES string of the molecule is [B]C([B])(OP(=O)(O)OP(=O)(O)O)[C@]1(F)C[C@@H](O)[C@]([B])(n2cc(C=O)c(=O)[nH]c2=O)O1. The van der Waals surface area contributed by atoms with Crippen molar-refractivity contribution in [1.82, 2.24) is 9.55 Å². The van der Waals surface area contributed by atoms with Crippen LogP contribution in [0.15, 0.2) is 15.8 Å². The molecule has 0 saturated carbocycles. The third kappa shape index (κ3) is 4.77. The van der Waals surface area contributed by atoms with Gasteiger partial charge in [0.2, 0.25) is 5.85 Å². The molecule has 1 unspecified atom stereocenters. The molecule has 158 valence electrons. The van der Waals surface area contributed by atoms with Gasteiger partial charge in [-0.2, -0.15) is 4.31 Å². The fraction of sp³-hybridized carbons (Fsp3) is 0.500. The average Bonchev–Trinajstić information content (AvgIpc) is 2.75. The Morgan fingerprint density at radius 3 is 2.43 bits per heavy atom. The maximum Gasteiger partial charge on any atom is 0.480 e. The summed E-state index contributed by atoms with van der Waals surface area (Å²) in [7, 11) is 4.78. The number of halogens is 1. The summed E-state index contributed by atoms with van der Waals surface area (Å²) in [4.78, 5) is 62.5. The molecule has 20 heteroatoms. The van der Waals surface area contributed by atoms with Crippen LogP contribution in [0.5, 0.6) is 0 Å². The maximum atomic E-state index is 15.3. The van der Waals surface area contributed by atoms with Crippen molar-refractivity contribution < 1.29 is 51.7 Å². The fourth-order valence-corrected chi connectivity index (χ4v) is 4.18. The number of carbonyl (C=O) groups is 1. The number of aliphatic hydroxyl groups is 1. The summed E-state index contributed by atoms with van der Waals surface area (Å²) in [5.74, 6) is -3.69. The number of hydrogen-bond donors (Lipinski definition) is 5. The highest BCUT2D eigenvalue weighted by Gasteiger charge is 2.63. The quantitative estimate of drug-likeness (QED) is 0.153. The van der Waals surface area contributed by atoms with E-state index in [2.05, 4.69) is 8.83 Å². The number of H-pyrrole nitrogens is 1. The highest BCUT2D eigenvalue weighted by Crippen LogP contribution is 2.61. The Kier molecular flexibility index (Phi) is 6.36. The lowest BCUT2D eigenvalue weighted by Crippen LogP contribution is -2.56. The summed E-state index contributed by atoms with van der Waals surface area (Å²) in [5.41, 5.74) is -6.07. The number of nitrogens with zero attached hydrogens (tertiary/aromatic N) is 1. The normalized spacial score (nSPS) is 29.4. The molecule has 1 saturated heterocycles. The molecule has 0 amide bonds. The Balaban J connectivity index is 2.46. The zero-order valence-electron chi connectivity index (χ0n) is 14.4. The smallest absolute Gasteiger partial charge is 0.389 e. The number of aldehydes is 1. The maximum absolute atomic E-state index is 15.3. The third-order valence-electron chi connectivity index (χ3n) is 3.79. The van der Waals surface area contributed by atoms with Gasteiger partial charge in [0.25, 0.3) is 5.56 Å². The monoisotopic (exact) mass is 464 g/mol. The Hall–Kier alpha value is -1.35. The Labute approximate surface area is 169 Å². The molecule has 1 aromatic heterocycles. The first kappa shape index (κ1) is 24.9. The molecule has 6 radical (unpaired) electrons. The molecular weight excluding hydrogens is 453 g/mol. The summed E-state index contributed by atoms with van der Waals surface area (Å²) in [6.07, 6.45) is -2.99. The highest BCUT2D eigenvalue weighted by atomic mass is 31.3. The largest absolute Gasteiger partial charge is 0.480 e. The van der Waals surface area contributed by atoms with Gasteiger partial charge in [0.15, 0.2) is 6.29 Å². The number of carbonyl (C=O) groups excluding carboxylic acids is 1. The van der Waals surface area contributed by atoms with Crippen LogP contribution in [0.2, 0.25) is 0 Å². The van der Waals surface area contributed by atoms with E-state index in [4.69, 9.17) is 38.1 Å². The summed E-state index contributed by atoms with van der Waals surface area (Å²) < 4.78 is 50.1. The lowest BCUT2D eigenvalue weighted by Gasteiger charge is -2.40. The van der Waals surface area contributed by atoms with E-state index in [9.17, 15) is 33.5 Å². The van der Waals surface area contributed by atoms with Crippen molar-refractivity contribution in [3.8, 4) is 0 Å². The molecule has 1 aliphatic heterocycles. The van der Waals surface area contributed by atoms with Crippen LogP contribution in [0.1, 0.15) is 16.8 Å². The second-order valence-corrected chi connectivity index (χ2v) is 8.81. The summed E-state index contributed by atoms with van der Waals surface area (Å²) in [6, 6.07) is 0. The minimum atomic E-state index is -5.81. The number of aromatic amines is 1. The van der Waals surface area contributed by atoms with Gasteiger partial charge in [0.1, 0.15) is 29.2 Å². The number of nitrogens with one attached hydrogen (secondary N) is 1. The predicted octanol–water partition coefficient (Wildman–Crippen LogP) is -3.21. The number of phosphoric acid groups is 2. The van der Waals surface area contributed by atoms with Crippen molar-refractivity contribution in [3.63, 3.8) is 0 Å².